The van der Waals surface area contributed by atoms with Gasteiger partial charge < -0.3 is 18.9 Å². The van der Waals surface area contributed by atoms with Crippen molar-refractivity contribution < 1.29 is 28.5 Å². The first-order chi connectivity index (χ1) is 23.9. The van der Waals surface area contributed by atoms with E-state index in [9.17, 15) is 9.59 Å². The van der Waals surface area contributed by atoms with Gasteiger partial charge in [0.2, 0.25) is 5.13 Å². The number of rotatable bonds is 17. The van der Waals surface area contributed by atoms with Crippen molar-refractivity contribution in [1.82, 2.24) is 4.98 Å². The van der Waals surface area contributed by atoms with Crippen molar-refractivity contribution in [2.45, 2.75) is 39.2 Å². The largest absolute Gasteiger partial charge is 0.496 e. The second kappa shape index (κ2) is 17.6. The van der Waals surface area contributed by atoms with E-state index in [0.717, 1.165) is 46.6 Å². The fraction of sp³-hybridized carbons (Fsp3) is 0.231. The van der Waals surface area contributed by atoms with Crippen LogP contribution in [-0.4, -0.2) is 43.0 Å². The van der Waals surface area contributed by atoms with Gasteiger partial charge in [0.05, 0.1) is 48.4 Å². The molecule has 49 heavy (non-hydrogen) atoms. The number of benzene rings is 4. The molecule has 0 spiro atoms. The van der Waals surface area contributed by atoms with Gasteiger partial charge in [-0.3, -0.25) is 0 Å². The van der Waals surface area contributed by atoms with E-state index in [4.69, 9.17) is 29.0 Å². The Kier molecular flexibility index (Phi) is 12.5. The summed E-state index contributed by atoms with van der Waals surface area (Å²) in [5.74, 6) is 0.748. The quantitative estimate of drug-likeness (QED) is 0.0241. The molecule has 0 saturated carbocycles. The summed E-state index contributed by atoms with van der Waals surface area (Å²) < 4.78 is 23.3. The first kappa shape index (κ1) is 34.8. The Morgan fingerprint density at radius 2 is 1.59 bits per heavy atom. The van der Waals surface area contributed by atoms with Crippen molar-refractivity contribution in [3.05, 3.63) is 126 Å². The molecule has 5 aromatic rings. The molecule has 0 aliphatic heterocycles. The third-order valence-corrected chi connectivity index (χ3v) is 8.58. The van der Waals surface area contributed by atoms with Gasteiger partial charge in [-0.25, -0.2) is 19.6 Å². The van der Waals surface area contributed by atoms with Crippen molar-refractivity contribution in [3.63, 3.8) is 0 Å². The number of esters is 2. The Bertz CT molecular complexity index is 1860. The molecule has 10 heteroatoms. The molecule has 5 rings (SSSR count). The molecule has 1 aromatic heterocycles. The SMILES string of the molecule is C=CC(=O)OCCCCCCOc1ccc(C(=O)Oc2ccc(OC)c(/C(C)=N/N(Cc3ccccc3)c3nc4ccccc4s3)c2)cc1. The number of anilines is 1. The van der Waals surface area contributed by atoms with Gasteiger partial charge in [-0.05, 0) is 92.8 Å². The molecule has 4 aromatic carbocycles. The molecule has 0 bridgehead atoms. The number of methoxy groups -OCH3 is 1. The molecular formula is C39H39N3O6S. The number of fused-ring (bicyclic) bond motifs is 1. The van der Waals surface area contributed by atoms with Gasteiger partial charge in [0.1, 0.15) is 17.2 Å². The molecule has 252 valence electrons. The van der Waals surface area contributed by atoms with Gasteiger partial charge in [0.25, 0.3) is 0 Å². The Hall–Kier alpha value is -5.48. The Morgan fingerprint density at radius 1 is 0.878 bits per heavy atom. The van der Waals surface area contributed by atoms with Gasteiger partial charge in [-0.1, -0.05) is 60.4 Å². The van der Waals surface area contributed by atoms with E-state index in [0.29, 0.717) is 53.8 Å². The van der Waals surface area contributed by atoms with Crippen LogP contribution in [0.4, 0.5) is 5.13 Å². The van der Waals surface area contributed by atoms with Crippen molar-refractivity contribution in [3.8, 4) is 17.2 Å². The average Bonchev–Trinajstić information content (AvgIpc) is 3.57. The molecule has 0 amide bonds. The summed E-state index contributed by atoms with van der Waals surface area (Å²) in [6, 6.07) is 30.2. The van der Waals surface area contributed by atoms with Crippen LogP contribution in [-0.2, 0) is 16.1 Å². The predicted octanol–water partition coefficient (Wildman–Crippen LogP) is 8.62. The van der Waals surface area contributed by atoms with E-state index in [-0.39, 0.29) is 0 Å². The molecule has 1 heterocycles. The molecule has 0 atom stereocenters. The smallest absolute Gasteiger partial charge is 0.343 e. The normalized spacial score (nSPS) is 11.2. The van der Waals surface area contributed by atoms with Crippen LogP contribution in [0.2, 0.25) is 0 Å². The van der Waals surface area contributed by atoms with Gasteiger partial charge in [0, 0.05) is 11.6 Å². The number of hydrogen-bond donors (Lipinski definition) is 0. The zero-order chi connectivity index (χ0) is 34.4. The van der Waals surface area contributed by atoms with E-state index in [1.165, 1.54) is 6.08 Å². The summed E-state index contributed by atoms with van der Waals surface area (Å²) in [4.78, 5) is 29.0. The first-order valence-electron chi connectivity index (χ1n) is 16.1. The molecule has 0 N–H and O–H groups in total. The van der Waals surface area contributed by atoms with E-state index >= 15 is 0 Å². The fourth-order valence-corrected chi connectivity index (χ4v) is 5.89. The highest BCUT2D eigenvalue weighted by molar-refractivity contribution is 7.22. The summed E-state index contributed by atoms with van der Waals surface area (Å²) in [5.41, 5.74) is 3.76. The van der Waals surface area contributed by atoms with Gasteiger partial charge in [-0.15, -0.1) is 0 Å². The summed E-state index contributed by atoms with van der Waals surface area (Å²) in [7, 11) is 1.60. The summed E-state index contributed by atoms with van der Waals surface area (Å²) in [6.07, 6.45) is 4.73. The number of carbonyl (C=O) groups is 2. The highest BCUT2D eigenvalue weighted by Gasteiger charge is 2.17. The van der Waals surface area contributed by atoms with E-state index in [2.05, 4.69) is 18.7 Å². The lowest BCUT2D eigenvalue weighted by Crippen LogP contribution is -2.18. The number of aromatic nitrogens is 1. The fourth-order valence-electron chi connectivity index (χ4n) is 4.97. The second-order valence-electron chi connectivity index (χ2n) is 11.1. The van der Waals surface area contributed by atoms with Crippen LogP contribution in [0.1, 0.15) is 54.1 Å². The molecule has 0 aliphatic carbocycles. The number of para-hydroxylation sites is 1. The van der Waals surface area contributed by atoms with Crippen LogP contribution in [0.3, 0.4) is 0 Å². The number of hydrogen-bond acceptors (Lipinski definition) is 10. The lowest BCUT2D eigenvalue weighted by atomic mass is 10.1. The first-order valence-corrected chi connectivity index (χ1v) is 16.9. The van der Waals surface area contributed by atoms with Crippen molar-refractivity contribution in [1.29, 1.82) is 0 Å². The third kappa shape index (κ3) is 10.0. The molecular weight excluding hydrogens is 639 g/mol. The van der Waals surface area contributed by atoms with Gasteiger partial charge >= 0.3 is 11.9 Å². The van der Waals surface area contributed by atoms with E-state index in [1.54, 1.807) is 60.9 Å². The zero-order valence-electron chi connectivity index (χ0n) is 27.7. The van der Waals surface area contributed by atoms with Crippen molar-refractivity contribution in [2.24, 2.45) is 5.10 Å². The molecule has 0 unspecified atom stereocenters. The maximum absolute atomic E-state index is 13.1. The topological polar surface area (TPSA) is 99.5 Å². The number of carbonyl (C=O) groups excluding carboxylic acids is 2. The van der Waals surface area contributed by atoms with Crippen LogP contribution in [0, 0.1) is 0 Å². The van der Waals surface area contributed by atoms with Crippen LogP contribution in [0.25, 0.3) is 10.2 Å². The Morgan fingerprint density at radius 3 is 2.33 bits per heavy atom. The van der Waals surface area contributed by atoms with Crippen LogP contribution < -0.4 is 19.2 Å². The minimum absolute atomic E-state index is 0.365. The van der Waals surface area contributed by atoms with Crippen LogP contribution >= 0.6 is 11.3 Å². The van der Waals surface area contributed by atoms with Crippen molar-refractivity contribution >= 4 is 44.3 Å². The lowest BCUT2D eigenvalue weighted by Gasteiger charge is -2.18. The van der Waals surface area contributed by atoms with E-state index < -0.39 is 11.9 Å². The number of hydrazone groups is 1. The summed E-state index contributed by atoms with van der Waals surface area (Å²) in [6.45, 7) is 6.74. The van der Waals surface area contributed by atoms with Gasteiger partial charge in [-0.2, -0.15) is 5.10 Å². The van der Waals surface area contributed by atoms with Gasteiger partial charge in [0.15, 0.2) is 0 Å². The zero-order valence-corrected chi connectivity index (χ0v) is 28.5. The third-order valence-electron chi connectivity index (χ3n) is 7.53. The highest BCUT2D eigenvalue weighted by atomic mass is 32.1. The number of ether oxygens (including phenoxy) is 4. The monoisotopic (exact) mass is 677 g/mol. The predicted molar refractivity (Wildman–Crippen MR) is 194 cm³/mol. The number of unbranched alkanes of at least 4 members (excludes halogenated alkanes) is 3. The number of thiazole rings is 1. The molecule has 0 aliphatic rings. The van der Waals surface area contributed by atoms with E-state index in [1.807, 2.05) is 54.4 Å². The standard InChI is InChI=1S/C39H39N3O6S/c1-4-37(43)47-25-13-6-5-12-24-46-31-20-18-30(19-21-31)38(44)48-32-22-23-35(45-3)33(26-32)28(2)41-42(27-29-14-8-7-9-15-29)39-40-34-16-10-11-17-36(34)49-39/h4,7-11,14-23,26H,1,5-6,12-13,24-25,27H2,2-3H3/b41-28+. The molecule has 9 nitrogen and oxygen atoms in total. The minimum atomic E-state index is -0.491. The molecule has 0 radical (unpaired) electrons. The number of nitrogens with zero attached hydrogens (tertiary/aromatic N) is 3. The lowest BCUT2D eigenvalue weighted by molar-refractivity contribution is -0.137. The Labute approximate surface area is 290 Å². The van der Waals surface area contributed by atoms with Crippen LogP contribution in [0.15, 0.2) is 115 Å². The minimum Gasteiger partial charge on any atom is -0.496 e. The second-order valence-corrected chi connectivity index (χ2v) is 12.1. The summed E-state index contributed by atoms with van der Waals surface area (Å²) >= 11 is 1.57. The van der Waals surface area contributed by atoms with Crippen LogP contribution in [0.5, 0.6) is 17.2 Å². The molecule has 0 saturated heterocycles. The Balaban J connectivity index is 1.23. The maximum Gasteiger partial charge on any atom is 0.343 e. The maximum atomic E-state index is 13.1. The molecule has 0 fully saturated rings. The highest BCUT2D eigenvalue weighted by Crippen LogP contribution is 2.31. The van der Waals surface area contributed by atoms with Crippen molar-refractivity contribution in [2.75, 3.05) is 25.3 Å². The average molecular weight is 678 g/mol. The summed E-state index contributed by atoms with van der Waals surface area (Å²) in [5, 5.41) is 7.66.